The number of rotatable bonds is 6. The van der Waals surface area contributed by atoms with Crippen molar-refractivity contribution in [3.8, 4) is 17.0 Å². The van der Waals surface area contributed by atoms with Gasteiger partial charge in [0.05, 0.1) is 31.5 Å². The summed E-state index contributed by atoms with van der Waals surface area (Å²) in [5.41, 5.74) is 6.34. The van der Waals surface area contributed by atoms with Crippen LogP contribution < -0.4 is 20.3 Å². The minimum Gasteiger partial charge on any atom is -0.431 e. The van der Waals surface area contributed by atoms with Gasteiger partial charge in [-0.3, -0.25) is 0 Å². The van der Waals surface area contributed by atoms with Crippen molar-refractivity contribution < 1.29 is 27.0 Å². The largest absolute Gasteiger partial charge is 0.431 e. The summed E-state index contributed by atoms with van der Waals surface area (Å²) < 4.78 is 63.2. The van der Waals surface area contributed by atoms with Crippen LogP contribution in [0.15, 0.2) is 18.3 Å². The Labute approximate surface area is 182 Å². The Morgan fingerprint density at radius 2 is 2.09 bits per heavy atom. The lowest BCUT2D eigenvalue weighted by Crippen LogP contribution is -2.45. The average molecular weight is 456 g/mol. The van der Waals surface area contributed by atoms with Gasteiger partial charge in [0.25, 0.3) is 5.92 Å². The number of aromatic nitrogens is 3. The molecule has 8 nitrogen and oxygen atoms in total. The van der Waals surface area contributed by atoms with Gasteiger partial charge in [-0.1, -0.05) is 6.92 Å². The number of hydrogen-bond donors (Lipinski definition) is 1. The lowest BCUT2D eigenvalue weighted by molar-refractivity contribution is -0.0494. The van der Waals surface area contributed by atoms with E-state index in [0.29, 0.717) is 36.8 Å². The molecule has 4 heterocycles. The Kier molecular flexibility index (Phi) is 6.22. The number of nitrogens with zero attached hydrogens (tertiary/aromatic N) is 5. The van der Waals surface area contributed by atoms with Crippen LogP contribution in [0.4, 0.5) is 35.1 Å². The van der Waals surface area contributed by atoms with E-state index in [2.05, 4.69) is 19.7 Å². The van der Waals surface area contributed by atoms with Crippen molar-refractivity contribution in [3.05, 3.63) is 18.3 Å². The van der Waals surface area contributed by atoms with Crippen molar-refractivity contribution in [1.29, 1.82) is 0 Å². The van der Waals surface area contributed by atoms with Gasteiger partial charge >= 0.3 is 6.61 Å². The smallest absolute Gasteiger partial charge is 0.387 e. The number of pyridine rings is 1. The van der Waals surface area contributed by atoms with Gasteiger partial charge in [-0.2, -0.15) is 13.8 Å². The quantitative estimate of drug-likeness (QED) is 0.663. The van der Waals surface area contributed by atoms with Gasteiger partial charge in [-0.05, 0) is 12.5 Å². The molecule has 2 aliphatic rings. The maximum absolute atomic E-state index is 13.9. The molecule has 0 aromatic carbocycles. The Balaban J connectivity index is 1.77. The zero-order valence-corrected chi connectivity index (χ0v) is 17.5. The Morgan fingerprint density at radius 1 is 1.28 bits per heavy atom. The van der Waals surface area contributed by atoms with Crippen molar-refractivity contribution in [2.45, 2.75) is 38.3 Å². The maximum atomic E-state index is 13.9. The first-order chi connectivity index (χ1) is 15.3. The molecule has 2 aliphatic heterocycles. The van der Waals surface area contributed by atoms with Crippen LogP contribution in [0.2, 0.25) is 0 Å². The van der Waals surface area contributed by atoms with Crippen molar-refractivity contribution in [3.63, 3.8) is 0 Å². The molecule has 2 aromatic heterocycles. The summed E-state index contributed by atoms with van der Waals surface area (Å²) in [5.74, 6) is -2.62. The molecule has 2 fully saturated rings. The van der Waals surface area contributed by atoms with Crippen LogP contribution in [0.25, 0.3) is 11.3 Å². The molecule has 0 spiro atoms. The standard InChI is InChI=1S/C20H24F4N6O2/c1-2-13-10-31-6-5-30(13)16-8-14(12-7-15(32-18(21)22)17(25)26-9-12)27-19(28-16)29-4-3-20(23,24)11-29/h7-9,13,18H,2-6,10-11H2,1H3,(H2,25,26)/t13-/m0/s1. The fourth-order valence-electron chi connectivity index (χ4n) is 3.85. The SMILES string of the molecule is CC[C@H]1COCCN1c1cc(-c2cnc(N)c(OC(F)F)c2)nc(N2CCC(F)(F)C2)n1. The van der Waals surface area contributed by atoms with Gasteiger partial charge in [-0.25, -0.2) is 18.7 Å². The van der Waals surface area contributed by atoms with Gasteiger partial charge < -0.3 is 25.0 Å². The van der Waals surface area contributed by atoms with E-state index in [0.717, 1.165) is 6.42 Å². The third kappa shape index (κ3) is 4.79. The van der Waals surface area contributed by atoms with Crippen LogP contribution in [-0.2, 0) is 4.74 Å². The van der Waals surface area contributed by atoms with E-state index in [1.807, 2.05) is 11.8 Å². The molecular formula is C20H24F4N6O2. The monoisotopic (exact) mass is 456 g/mol. The molecule has 12 heteroatoms. The van der Waals surface area contributed by atoms with E-state index in [1.54, 1.807) is 6.07 Å². The molecule has 2 N–H and O–H groups in total. The number of hydrogen-bond acceptors (Lipinski definition) is 8. The van der Waals surface area contributed by atoms with Crippen LogP contribution in [0.1, 0.15) is 19.8 Å². The number of nitrogen functional groups attached to an aromatic ring is 1. The molecule has 2 aromatic rings. The Morgan fingerprint density at radius 3 is 2.78 bits per heavy atom. The highest BCUT2D eigenvalue weighted by molar-refractivity contribution is 5.68. The summed E-state index contributed by atoms with van der Waals surface area (Å²) in [6.07, 6.45) is 1.88. The van der Waals surface area contributed by atoms with Crippen LogP contribution in [0, 0.1) is 0 Å². The summed E-state index contributed by atoms with van der Waals surface area (Å²) in [4.78, 5) is 16.4. The van der Waals surface area contributed by atoms with E-state index in [4.69, 9.17) is 10.5 Å². The van der Waals surface area contributed by atoms with Crippen molar-refractivity contribution in [2.24, 2.45) is 0 Å². The van der Waals surface area contributed by atoms with Gasteiger partial charge in [-0.15, -0.1) is 0 Å². The van der Waals surface area contributed by atoms with Gasteiger partial charge in [0, 0.05) is 37.3 Å². The molecule has 0 amide bonds. The predicted octanol–water partition coefficient (Wildman–Crippen LogP) is 3.18. The van der Waals surface area contributed by atoms with E-state index >= 15 is 0 Å². The second-order valence-electron chi connectivity index (χ2n) is 7.76. The van der Waals surface area contributed by atoms with Gasteiger partial charge in [0.2, 0.25) is 5.95 Å². The molecule has 4 rings (SSSR count). The topological polar surface area (TPSA) is 89.6 Å². The fourth-order valence-corrected chi connectivity index (χ4v) is 3.85. The zero-order chi connectivity index (χ0) is 22.9. The van der Waals surface area contributed by atoms with E-state index in [-0.39, 0.29) is 36.5 Å². The Bertz CT molecular complexity index is 964. The van der Waals surface area contributed by atoms with Crippen LogP contribution in [-0.4, -0.2) is 66.4 Å². The summed E-state index contributed by atoms with van der Waals surface area (Å²) in [5, 5.41) is 0. The molecule has 0 aliphatic carbocycles. The first kappa shape index (κ1) is 22.3. The van der Waals surface area contributed by atoms with E-state index in [1.165, 1.54) is 17.2 Å². The molecule has 32 heavy (non-hydrogen) atoms. The molecule has 0 bridgehead atoms. The van der Waals surface area contributed by atoms with Crippen molar-refractivity contribution >= 4 is 17.6 Å². The van der Waals surface area contributed by atoms with Crippen molar-refractivity contribution in [1.82, 2.24) is 15.0 Å². The molecule has 1 atom stereocenters. The first-order valence-corrected chi connectivity index (χ1v) is 10.3. The number of ether oxygens (including phenoxy) is 2. The van der Waals surface area contributed by atoms with Gasteiger partial charge in [0.15, 0.2) is 11.6 Å². The van der Waals surface area contributed by atoms with Crippen molar-refractivity contribution in [2.75, 3.05) is 48.4 Å². The lowest BCUT2D eigenvalue weighted by Gasteiger charge is -2.36. The molecule has 2 saturated heterocycles. The van der Waals surface area contributed by atoms with Crippen LogP contribution in [0.5, 0.6) is 5.75 Å². The molecule has 0 radical (unpaired) electrons. The van der Waals surface area contributed by atoms with E-state index in [9.17, 15) is 17.6 Å². The van der Waals surface area contributed by atoms with E-state index < -0.39 is 19.1 Å². The fraction of sp³-hybridized carbons (Fsp3) is 0.550. The number of alkyl halides is 4. The number of morpholine rings is 1. The maximum Gasteiger partial charge on any atom is 0.387 e. The highest BCUT2D eigenvalue weighted by Crippen LogP contribution is 2.34. The minimum absolute atomic E-state index is 0.0571. The summed E-state index contributed by atoms with van der Waals surface area (Å²) in [6, 6.07) is 3.05. The molecule has 174 valence electrons. The summed E-state index contributed by atoms with van der Waals surface area (Å²) in [6.45, 7) is 0.159. The van der Waals surface area contributed by atoms with Crippen LogP contribution in [0.3, 0.4) is 0 Å². The highest BCUT2D eigenvalue weighted by Gasteiger charge is 2.39. The Hall–Kier alpha value is -2.89. The second-order valence-corrected chi connectivity index (χ2v) is 7.76. The molecule has 0 saturated carbocycles. The second kappa shape index (κ2) is 8.93. The minimum atomic E-state index is -3.07. The highest BCUT2D eigenvalue weighted by atomic mass is 19.3. The third-order valence-electron chi connectivity index (χ3n) is 5.54. The molecule has 0 unspecified atom stereocenters. The third-order valence-corrected chi connectivity index (χ3v) is 5.54. The van der Waals surface area contributed by atoms with Gasteiger partial charge in [0.1, 0.15) is 5.82 Å². The lowest BCUT2D eigenvalue weighted by atomic mass is 10.1. The van der Waals surface area contributed by atoms with Crippen LogP contribution >= 0.6 is 0 Å². The zero-order valence-electron chi connectivity index (χ0n) is 17.5. The molecular weight excluding hydrogens is 432 g/mol. The average Bonchev–Trinajstić information content (AvgIpc) is 3.14. The summed E-state index contributed by atoms with van der Waals surface area (Å²) >= 11 is 0. The normalized spacial score (nSPS) is 20.8. The first-order valence-electron chi connectivity index (χ1n) is 10.3. The number of anilines is 3. The number of halogens is 4. The summed E-state index contributed by atoms with van der Waals surface area (Å²) in [7, 11) is 0. The predicted molar refractivity (Wildman–Crippen MR) is 110 cm³/mol. The number of nitrogens with two attached hydrogens (primary N) is 1.